The molecule has 0 aromatic carbocycles. The summed E-state index contributed by atoms with van der Waals surface area (Å²) < 4.78 is 11.7. The third-order valence-corrected chi connectivity index (χ3v) is 6.13. The van der Waals surface area contributed by atoms with Gasteiger partial charge in [-0.2, -0.15) is 5.26 Å². The average molecular weight is 345 g/mol. The molecule has 3 aliphatic rings. The Morgan fingerprint density at radius 2 is 1.92 bits per heavy atom. The fraction of sp³-hybridized carbons (Fsp3) is 0.700. The van der Waals surface area contributed by atoms with Gasteiger partial charge in [-0.25, -0.2) is 0 Å². The summed E-state index contributed by atoms with van der Waals surface area (Å²) >= 11 is 0. The number of hydrogen-bond acceptors (Lipinski definition) is 4. The molecule has 0 aromatic heterocycles. The number of methoxy groups -OCH3 is 1. The third kappa shape index (κ3) is 3.68. The van der Waals surface area contributed by atoms with Crippen LogP contribution < -0.4 is 0 Å². The number of hydrogen-bond donors (Lipinski definition) is 1. The van der Waals surface area contributed by atoms with Crippen LogP contribution in [0.1, 0.15) is 57.8 Å². The summed E-state index contributed by atoms with van der Waals surface area (Å²) in [6.45, 7) is 0. The third-order valence-electron chi connectivity index (χ3n) is 6.13. The molecule has 0 radical (unpaired) electrons. The Kier molecular flexibility index (Phi) is 5.36. The van der Waals surface area contributed by atoms with E-state index in [1.807, 2.05) is 6.08 Å². The maximum atomic E-state index is 11.2. The normalized spacial score (nSPS) is 33.1. The van der Waals surface area contributed by atoms with Crippen LogP contribution in [-0.2, 0) is 14.3 Å². The molecule has 5 heteroatoms. The van der Waals surface area contributed by atoms with Crippen LogP contribution >= 0.6 is 0 Å². The van der Waals surface area contributed by atoms with Gasteiger partial charge in [-0.15, -0.1) is 0 Å². The molecule has 0 spiro atoms. The highest BCUT2D eigenvalue weighted by atomic mass is 16.5. The first-order chi connectivity index (χ1) is 12.1. The van der Waals surface area contributed by atoms with E-state index in [0.717, 1.165) is 30.8 Å². The van der Waals surface area contributed by atoms with E-state index in [1.54, 1.807) is 7.11 Å². The van der Waals surface area contributed by atoms with Gasteiger partial charge >= 0.3 is 5.97 Å². The van der Waals surface area contributed by atoms with Crippen molar-refractivity contribution in [2.24, 2.45) is 17.3 Å². The van der Waals surface area contributed by atoms with Gasteiger partial charge in [-0.1, -0.05) is 0 Å². The van der Waals surface area contributed by atoms with Crippen molar-refractivity contribution in [2.45, 2.75) is 63.9 Å². The summed E-state index contributed by atoms with van der Waals surface area (Å²) in [5, 5.41) is 19.1. The lowest BCUT2D eigenvalue weighted by Gasteiger charge is -2.39. The molecule has 1 atom stereocenters. The zero-order chi connectivity index (χ0) is 17.9. The number of rotatable bonds is 5. The Morgan fingerprint density at radius 3 is 2.48 bits per heavy atom. The minimum atomic E-state index is -0.738. The van der Waals surface area contributed by atoms with Crippen LogP contribution in [0.2, 0.25) is 0 Å². The molecule has 3 aliphatic carbocycles. The second kappa shape index (κ2) is 7.51. The summed E-state index contributed by atoms with van der Waals surface area (Å²) in [4.78, 5) is 11.2. The van der Waals surface area contributed by atoms with Gasteiger partial charge in [0.05, 0.1) is 30.6 Å². The molecule has 136 valence electrons. The smallest absolute Gasteiger partial charge is 0.306 e. The molecule has 1 N–H and O–H groups in total. The lowest BCUT2D eigenvalue weighted by atomic mass is 9.63. The van der Waals surface area contributed by atoms with Gasteiger partial charge in [-0.05, 0) is 69.9 Å². The number of carboxylic acid groups (broad SMARTS) is 1. The van der Waals surface area contributed by atoms with Crippen LogP contribution in [0, 0.1) is 28.6 Å². The second-order valence-electron chi connectivity index (χ2n) is 7.55. The molecule has 2 saturated carbocycles. The minimum absolute atomic E-state index is 0.0579. The monoisotopic (exact) mass is 345 g/mol. The molecule has 2 fully saturated rings. The van der Waals surface area contributed by atoms with E-state index in [9.17, 15) is 15.2 Å². The molecule has 3 rings (SSSR count). The van der Waals surface area contributed by atoms with Crippen LogP contribution in [-0.4, -0.2) is 24.3 Å². The summed E-state index contributed by atoms with van der Waals surface area (Å²) in [6.07, 6.45) is 12.0. The summed E-state index contributed by atoms with van der Waals surface area (Å²) in [5.41, 5.74) is -0.494. The van der Waals surface area contributed by atoms with E-state index in [1.165, 1.54) is 12.8 Å². The van der Waals surface area contributed by atoms with Gasteiger partial charge in [0.15, 0.2) is 11.5 Å². The van der Waals surface area contributed by atoms with Gasteiger partial charge in [0.2, 0.25) is 0 Å². The maximum Gasteiger partial charge on any atom is 0.306 e. The van der Waals surface area contributed by atoms with Crippen LogP contribution in [0.15, 0.2) is 23.7 Å². The number of allylic oxidation sites excluding steroid dienone is 2. The van der Waals surface area contributed by atoms with Gasteiger partial charge in [0.1, 0.15) is 0 Å². The first-order valence-electron chi connectivity index (χ1n) is 9.35. The van der Waals surface area contributed by atoms with Gasteiger partial charge in [-0.3, -0.25) is 4.79 Å². The Balaban J connectivity index is 1.76. The molecule has 0 aromatic rings. The number of aliphatic carboxylic acids is 1. The Morgan fingerprint density at radius 1 is 1.24 bits per heavy atom. The Labute approximate surface area is 149 Å². The molecule has 5 nitrogen and oxygen atoms in total. The molecule has 0 saturated heterocycles. The predicted octanol–water partition coefficient (Wildman–Crippen LogP) is 4.16. The standard InChI is InChI=1S/C20H27NO4/c1-24-17-7-6-15(12-18(17)25-16-4-2-3-5-16)20(13-21)10-8-14(9-11-20)19(22)23/h7,12,14-16H,2-6,8-11H2,1H3,(H,22,23). The highest BCUT2D eigenvalue weighted by Gasteiger charge is 2.44. The number of nitriles is 1. The Hall–Kier alpha value is -1.96. The van der Waals surface area contributed by atoms with Crippen molar-refractivity contribution in [1.82, 2.24) is 0 Å². The molecule has 0 bridgehead atoms. The lowest BCUT2D eigenvalue weighted by Crippen LogP contribution is -2.36. The van der Waals surface area contributed by atoms with Gasteiger partial charge in [0.25, 0.3) is 0 Å². The van der Waals surface area contributed by atoms with E-state index in [4.69, 9.17) is 9.47 Å². The van der Waals surface area contributed by atoms with Crippen LogP contribution in [0.25, 0.3) is 0 Å². The van der Waals surface area contributed by atoms with Crippen molar-refractivity contribution in [3.05, 3.63) is 23.7 Å². The van der Waals surface area contributed by atoms with Crippen LogP contribution in [0.3, 0.4) is 0 Å². The van der Waals surface area contributed by atoms with E-state index in [0.29, 0.717) is 25.7 Å². The fourth-order valence-corrected chi connectivity index (χ4v) is 4.47. The van der Waals surface area contributed by atoms with Crippen molar-refractivity contribution < 1.29 is 19.4 Å². The molecule has 1 unspecified atom stereocenters. The molecular formula is C20H27NO4. The van der Waals surface area contributed by atoms with E-state index >= 15 is 0 Å². The van der Waals surface area contributed by atoms with E-state index in [2.05, 4.69) is 12.1 Å². The Bertz CT molecular complexity index is 602. The van der Waals surface area contributed by atoms with Gasteiger partial charge in [0, 0.05) is 5.92 Å². The molecule has 0 amide bonds. The number of ether oxygens (including phenoxy) is 2. The summed E-state index contributed by atoms with van der Waals surface area (Å²) in [5.74, 6) is 0.532. The zero-order valence-electron chi connectivity index (χ0n) is 14.9. The number of carboxylic acids is 1. The second-order valence-corrected chi connectivity index (χ2v) is 7.55. The molecule has 25 heavy (non-hydrogen) atoms. The molecular weight excluding hydrogens is 318 g/mol. The molecule has 0 heterocycles. The van der Waals surface area contributed by atoms with Crippen molar-refractivity contribution in [3.63, 3.8) is 0 Å². The van der Waals surface area contributed by atoms with E-state index in [-0.39, 0.29) is 17.9 Å². The van der Waals surface area contributed by atoms with Gasteiger partial charge < -0.3 is 14.6 Å². The number of carbonyl (C=O) groups is 1. The van der Waals surface area contributed by atoms with Crippen molar-refractivity contribution >= 4 is 5.97 Å². The first-order valence-corrected chi connectivity index (χ1v) is 9.35. The van der Waals surface area contributed by atoms with Crippen molar-refractivity contribution in [2.75, 3.05) is 7.11 Å². The van der Waals surface area contributed by atoms with Crippen molar-refractivity contribution in [1.29, 1.82) is 5.26 Å². The SMILES string of the molecule is COC1=CCC(C2(C#N)CCC(C(=O)O)CC2)C=C1OC1CCCC1. The summed E-state index contributed by atoms with van der Waals surface area (Å²) in [7, 11) is 1.65. The van der Waals surface area contributed by atoms with Crippen molar-refractivity contribution in [3.8, 4) is 6.07 Å². The fourth-order valence-electron chi connectivity index (χ4n) is 4.47. The largest absolute Gasteiger partial charge is 0.493 e. The highest BCUT2D eigenvalue weighted by Crippen LogP contribution is 2.48. The maximum absolute atomic E-state index is 11.2. The topological polar surface area (TPSA) is 79.5 Å². The summed E-state index contributed by atoms with van der Waals surface area (Å²) in [6, 6.07) is 2.53. The lowest BCUT2D eigenvalue weighted by molar-refractivity contribution is -0.143. The van der Waals surface area contributed by atoms with Crippen LogP contribution in [0.4, 0.5) is 0 Å². The average Bonchev–Trinajstić information content (AvgIpc) is 3.14. The highest BCUT2D eigenvalue weighted by molar-refractivity contribution is 5.70. The number of nitrogens with zero attached hydrogens (tertiary/aromatic N) is 1. The quantitative estimate of drug-likeness (QED) is 0.809. The molecule has 0 aliphatic heterocycles. The first kappa shape index (κ1) is 17.8. The predicted molar refractivity (Wildman–Crippen MR) is 92.3 cm³/mol. The van der Waals surface area contributed by atoms with Crippen LogP contribution in [0.5, 0.6) is 0 Å². The zero-order valence-corrected chi connectivity index (χ0v) is 14.9. The van der Waals surface area contributed by atoms with E-state index < -0.39 is 11.4 Å². The minimum Gasteiger partial charge on any atom is -0.493 e.